The van der Waals surface area contributed by atoms with Crippen molar-refractivity contribution >= 4 is 5.97 Å². The number of unbranched alkanes of at least 4 members (excludes halogenated alkanes) is 23. The van der Waals surface area contributed by atoms with Crippen molar-refractivity contribution in [1.82, 2.24) is 0 Å². The maximum absolute atomic E-state index is 11.9. The molecule has 0 spiro atoms. The number of allylic oxidation sites excluding steroid dienone is 5. The van der Waals surface area contributed by atoms with Crippen LogP contribution in [0.1, 0.15) is 194 Å². The second-order valence-electron chi connectivity index (χ2n) is 12.3. The average molecular weight is 557 g/mol. The highest BCUT2D eigenvalue weighted by molar-refractivity contribution is 5.82. The fourth-order valence-corrected chi connectivity index (χ4v) is 5.64. The minimum Gasteiger partial charge on any atom is -0.430 e. The number of rotatable bonds is 30. The molecule has 0 saturated carbocycles. The SMILES string of the molecule is CCCCCCC/C=C/CCCCCCCC/C=C1/OC(=O)C1CCCCCCCC/C=C/CCCCCCC. The second-order valence-corrected chi connectivity index (χ2v) is 12.3. The molecule has 0 aromatic rings. The number of hydrogen-bond donors (Lipinski definition) is 0. The molecule has 0 N–H and O–H groups in total. The third kappa shape index (κ3) is 22.4. The van der Waals surface area contributed by atoms with Crippen molar-refractivity contribution in [2.24, 2.45) is 5.92 Å². The Morgan fingerprint density at radius 3 is 1.23 bits per heavy atom. The lowest BCUT2D eigenvalue weighted by molar-refractivity contribution is -0.157. The predicted octanol–water partition coefficient (Wildman–Crippen LogP) is 13.1. The van der Waals surface area contributed by atoms with Gasteiger partial charge in [0.25, 0.3) is 0 Å². The number of carbonyl (C=O) groups excluding carboxylic acids is 1. The molecule has 40 heavy (non-hydrogen) atoms. The zero-order chi connectivity index (χ0) is 28.8. The highest BCUT2D eigenvalue weighted by Crippen LogP contribution is 2.32. The Hall–Kier alpha value is -1.31. The molecule has 1 fully saturated rings. The van der Waals surface area contributed by atoms with E-state index in [2.05, 4.69) is 44.2 Å². The lowest BCUT2D eigenvalue weighted by Crippen LogP contribution is -2.32. The van der Waals surface area contributed by atoms with Gasteiger partial charge in [-0.2, -0.15) is 0 Å². The first kappa shape index (κ1) is 36.7. The number of esters is 1. The van der Waals surface area contributed by atoms with Crippen LogP contribution >= 0.6 is 0 Å². The number of ether oxygens (including phenoxy) is 1. The van der Waals surface area contributed by atoms with Crippen LogP contribution in [-0.2, 0) is 9.53 Å². The topological polar surface area (TPSA) is 26.3 Å². The van der Waals surface area contributed by atoms with Gasteiger partial charge in [0.1, 0.15) is 11.7 Å². The number of carbonyl (C=O) groups is 1. The molecule has 1 heterocycles. The lowest BCUT2D eigenvalue weighted by Gasteiger charge is -2.28. The molecule has 0 aromatic heterocycles. The van der Waals surface area contributed by atoms with E-state index in [0.717, 1.165) is 25.0 Å². The van der Waals surface area contributed by atoms with E-state index in [9.17, 15) is 4.79 Å². The van der Waals surface area contributed by atoms with Gasteiger partial charge in [0.05, 0.1) is 0 Å². The first-order valence-electron chi connectivity index (χ1n) is 18.0. The molecule has 1 saturated heterocycles. The molecule has 1 aliphatic heterocycles. The molecule has 0 amide bonds. The second kappa shape index (κ2) is 29.2. The Morgan fingerprint density at radius 2 is 0.825 bits per heavy atom. The van der Waals surface area contributed by atoms with E-state index in [1.165, 1.54) is 161 Å². The molecule has 0 radical (unpaired) electrons. The summed E-state index contributed by atoms with van der Waals surface area (Å²) in [5.41, 5.74) is 0. The molecule has 1 rings (SSSR count). The molecular weight excluding hydrogens is 488 g/mol. The van der Waals surface area contributed by atoms with Crippen LogP contribution in [0.5, 0.6) is 0 Å². The van der Waals surface area contributed by atoms with Crippen molar-refractivity contribution in [2.75, 3.05) is 0 Å². The maximum atomic E-state index is 11.9. The van der Waals surface area contributed by atoms with Gasteiger partial charge in [0, 0.05) is 0 Å². The molecule has 2 heteroatoms. The normalized spacial score (nSPS) is 16.4. The Labute approximate surface area is 250 Å². The summed E-state index contributed by atoms with van der Waals surface area (Å²) in [5.74, 6) is 1.05. The van der Waals surface area contributed by atoms with Crippen LogP contribution in [0.3, 0.4) is 0 Å². The molecule has 0 aromatic carbocycles. The molecule has 1 aliphatic rings. The van der Waals surface area contributed by atoms with Crippen LogP contribution in [0.15, 0.2) is 36.1 Å². The van der Waals surface area contributed by atoms with Gasteiger partial charge in [-0.15, -0.1) is 0 Å². The van der Waals surface area contributed by atoms with Crippen molar-refractivity contribution in [3.05, 3.63) is 36.1 Å². The fraction of sp³-hybridized carbons (Fsp3) is 0.816. The first-order valence-corrected chi connectivity index (χ1v) is 18.0. The van der Waals surface area contributed by atoms with Crippen LogP contribution in [-0.4, -0.2) is 5.97 Å². The van der Waals surface area contributed by atoms with Crippen LogP contribution in [0.2, 0.25) is 0 Å². The zero-order valence-corrected chi connectivity index (χ0v) is 27.1. The van der Waals surface area contributed by atoms with Crippen molar-refractivity contribution in [3.8, 4) is 0 Å². The molecule has 1 atom stereocenters. The Kier molecular flexibility index (Phi) is 26.8. The summed E-state index contributed by atoms with van der Waals surface area (Å²) in [5, 5.41) is 0. The quantitative estimate of drug-likeness (QED) is 0.0499. The van der Waals surface area contributed by atoms with Crippen LogP contribution < -0.4 is 0 Å². The lowest BCUT2D eigenvalue weighted by atomic mass is 9.93. The summed E-state index contributed by atoms with van der Waals surface area (Å²) in [6, 6.07) is 0. The largest absolute Gasteiger partial charge is 0.430 e. The van der Waals surface area contributed by atoms with E-state index < -0.39 is 0 Å². The standard InChI is InChI=1S/C38H68O2/c1-3-5-7-9-11-13-15-17-19-21-23-25-27-29-31-33-35-37-36(38(39)40-37)34-32-30-28-26-24-22-20-18-16-14-12-10-8-6-4-2/h15-18,35-36H,3-14,19-34H2,1-2H3/b17-15+,18-16+,37-35+. The number of hydrogen-bond acceptors (Lipinski definition) is 2. The van der Waals surface area contributed by atoms with Gasteiger partial charge in [0.15, 0.2) is 0 Å². The highest BCUT2D eigenvalue weighted by atomic mass is 16.6. The van der Waals surface area contributed by atoms with Gasteiger partial charge in [-0.25, -0.2) is 0 Å². The van der Waals surface area contributed by atoms with E-state index in [-0.39, 0.29) is 11.9 Å². The molecular formula is C38H68O2. The zero-order valence-electron chi connectivity index (χ0n) is 27.1. The number of cyclic esters (lactones) is 1. The summed E-state index contributed by atoms with van der Waals surface area (Å²) < 4.78 is 5.36. The van der Waals surface area contributed by atoms with Crippen LogP contribution in [0.4, 0.5) is 0 Å². The summed E-state index contributed by atoms with van der Waals surface area (Å²) in [7, 11) is 0. The van der Waals surface area contributed by atoms with Crippen LogP contribution in [0, 0.1) is 5.92 Å². The van der Waals surface area contributed by atoms with Gasteiger partial charge < -0.3 is 4.74 Å². The average Bonchev–Trinajstić information content (AvgIpc) is 2.96. The van der Waals surface area contributed by atoms with E-state index in [4.69, 9.17) is 4.74 Å². The molecule has 2 nitrogen and oxygen atoms in total. The third-order valence-electron chi connectivity index (χ3n) is 8.41. The van der Waals surface area contributed by atoms with E-state index in [0.29, 0.717) is 0 Å². The van der Waals surface area contributed by atoms with Gasteiger partial charge in [-0.3, -0.25) is 4.79 Å². The predicted molar refractivity (Wildman–Crippen MR) is 177 cm³/mol. The van der Waals surface area contributed by atoms with Crippen molar-refractivity contribution in [2.45, 2.75) is 194 Å². The van der Waals surface area contributed by atoms with Gasteiger partial charge in [-0.1, -0.05) is 147 Å². The first-order chi connectivity index (χ1) is 19.8. The minimum atomic E-state index is 0.00828. The minimum absolute atomic E-state index is 0.00828. The summed E-state index contributed by atoms with van der Waals surface area (Å²) in [4.78, 5) is 11.9. The third-order valence-corrected chi connectivity index (χ3v) is 8.41. The maximum Gasteiger partial charge on any atom is 0.321 e. The molecule has 1 unspecified atom stereocenters. The smallest absolute Gasteiger partial charge is 0.321 e. The van der Waals surface area contributed by atoms with Crippen molar-refractivity contribution < 1.29 is 9.53 Å². The fourth-order valence-electron chi connectivity index (χ4n) is 5.64. The highest BCUT2D eigenvalue weighted by Gasteiger charge is 2.36. The van der Waals surface area contributed by atoms with Gasteiger partial charge in [0.2, 0.25) is 0 Å². The van der Waals surface area contributed by atoms with Crippen LogP contribution in [0.25, 0.3) is 0 Å². The van der Waals surface area contributed by atoms with E-state index in [1.807, 2.05) is 0 Å². The summed E-state index contributed by atoms with van der Waals surface area (Å²) >= 11 is 0. The Balaban J connectivity index is 1.88. The van der Waals surface area contributed by atoms with Crippen molar-refractivity contribution in [1.29, 1.82) is 0 Å². The summed E-state index contributed by atoms with van der Waals surface area (Å²) in [6.45, 7) is 4.56. The van der Waals surface area contributed by atoms with Gasteiger partial charge >= 0.3 is 5.97 Å². The van der Waals surface area contributed by atoms with E-state index in [1.54, 1.807) is 0 Å². The Morgan fingerprint density at radius 1 is 0.475 bits per heavy atom. The molecule has 232 valence electrons. The monoisotopic (exact) mass is 557 g/mol. The molecule has 0 bridgehead atoms. The van der Waals surface area contributed by atoms with Crippen molar-refractivity contribution in [3.63, 3.8) is 0 Å². The summed E-state index contributed by atoms with van der Waals surface area (Å²) in [6.07, 6.45) is 48.3. The van der Waals surface area contributed by atoms with Gasteiger partial charge in [-0.05, 0) is 76.7 Å². The molecule has 0 aliphatic carbocycles. The Bertz CT molecular complexity index is 644. The van der Waals surface area contributed by atoms with E-state index >= 15 is 0 Å².